The number of Topliss-reactive ketones (excluding diaryl/α,β-unsaturated/α-hetero) is 1. The zero-order valence-corrected chi connectivity index (χ0v) is 13.7. The van der Waals surface area contributed by atoms with Crippen molar-refractivity contribution in [2.45, 2.75) is 6.54 Å². The van der Waals surface area contributed by atoms with Crippen LogP contribution in [-0.2, 0) is 11.3 Å². The number of anilines is 1. The Morgan fingerprint density at radius 3 is 2.52 bits per heavy atom. The van der Waals surface area contributed by atoms with E-state index in [0.29, 0.717) is 21.3 Å². The topological polar surface area (TPSA) is 37.4 Å². The van der Waals surface area contributed by atoms with E-state index in [2.05, 4.69) is 15.9 Å². The molecule has 0 fully saturated rings. The third-order valence-corrected chi connectivity index (χ3v) is 4.36. The van der Waals surface area contributed by atoms with E-state index in [-0.39, 0.29) is 6.54 Å². The summed E-state index contributed by atoms with van der Waals surface area (Å²) in [6.45, 7) is 0.231. The van der Waals surface area contributed by atoms with Crippen molar-refractivity contribution in [2.24, 2.45) is 0 Å². The molecule has 106 valence electrons. The number of carbonyl (C=O) groups is 2. The van der Waals surface area contributed by atoms with Gasteiger partial charge in [0.05, 0.1) is 17.8 Å². The van der Waals surface area contributed by atoms with Crippen LogP contribution in [0.5, 0.6) is 0 Å². The van der Waals surface area contributed by atoms with E-state index >= 15 is 0 Å². The molecule has 0 spiro atoms. The second kappa shape index (κ2) is 5.44. The van der Waals surface area contributed by atoms with Crippen LogP contribution in [0, 0.1) is 0 Å². The maximum atomic E-state index is 12.1. The molecule has 1 aliphatic rings. The highest BCUT2D eigenvalue weighted by molar-refractivity contribution is 9.10. The van der Waals surface area contributed by atoms with Gasteiger partial charge < -0.3 is 4.90 Å². The van der Waals surface area contributed by atoms with Crippen molar-refractivity contribution in [1.82, 2.24) is 0 Å². The molecule has 0 unspecified atom stereocenters. The molecule has 3 nitrogen and oxygen atoms in total. The lowest BCUT2D eigenvalue weighted by atomic mass is 10.1. The van der Waals surface area contributed by atoms with Crippen LogP contribution in [0.2, 0.25) is 10.0 Å². The van der Waals surface area contributed by atoms with Gasteiger partial charge in [0.15, 0.2) is 0 Å². The van der Waals surface area contributed by atoms with Crippen molar-refractivity contribution < 1.29 is 9.59 Å². The number of hydrogen-bond acceptors (Lipinski definition) is 2. The first-order chi connectivity index (χ1) is 9.97. The first-order valence-electron chi connectivity index (χ1n) is 6.07. The van der Waals surface area contributed by atoms with Crippen LogP contribution in [0.3, 0.4) is 0 Å². The maximum Gasteiger partial charge on any atom is 0.299 e. The average Bonchev–Trinajstić information content (AvgIpc) is 2.66. The van der Waals surface area contributed by atoms with Crippen molar-refractivity contribution >= 4 is 56.5 Å². The van der Waals surface area contributed by atoms with E-state index in [4.69, 9.17) is 23.2 Å². The first kappa shape index (κ1) is 14.6. The second-order valence-corrected chi connectivity index (χ2v) is 6.38. The minimum absolute atomic E-state index is 0.231. The molecule has 1 aliphatic heterocycles. The van der Waals surface area contributed by atoms with Crippen LogP contribution >= 0.6 is 39.1 Å². The van der Waals surface area contributed by atoms with Crippen LogP contribution < -0.4 is 4.90 Å². The summed E-state index contributed by atoms with van der Waals surface area (Å²) < 4.78 is 0.758. The predicted molar refractivity (Wildman–Crippen MR) is 86.1 cm³/mol. The molecule has 0 saturated carbocycles. The predicted octanol–water partition coefficient (Wildman–Crippen LogP) is 4.49. The van der Waals surface area contributed by atoms with E-state index in [1.165, 1.54) is 4.90 Å². The summed E-state index contributed by atoms with van der Waals surface area (Å²) in [5.41, 5.74) is 1.73. The van der Waals surface area contributed by atoms with Crippen LogP contribution in [0.15, 0.2) is 40.9 Å². The molecule has 0 bridgehead atoms. The molecule has 0 aliphatic carbocycles. The molecule has 6 heteroatoms. The molecule has 0 radical (unpaired) electrons. The van der Waals surface area contributed by atoms with Gasteiger partial charge in [0.1, 0.15) is 0 Å². The summed E-state index contributed by atoms with van der Waals surface area (Å²) in [5, 5.41) is 0.991. The van der Waals surface area contributed by atoms with E-state index in [9.17, 15) is 9.59 Å². The van der Waals surface area contributed by atoms with Gasteiger partial charge in [-0.25, -0.2) is 0 Å². The molecular formula is C15H8BrCl2NO2. The molecule has 0 saturated heterocycles. The van der Waals surface area contributed by atoms with E-state index < -0.39 is 11.7 Å². The van der Waals surface area contributed by atoms with Gasteiger partial charge in [-0.05, 0) is 35.9 Å². The lowest BCUT2D eigenvalue weighted by molar-refractivity contribution is -0.114. The molecule has 2 aromatic rings. The summed E-state index contributed by atoms with van der Waals surface area (Å²) in [7, 11) is 0. The number of carbonyl (C=O) groups excluding carboxylic acids is 2. The minimum Gasteiger partial charge on any atom is -0.300 e. The van der Waals surface area contributed by atoms with E-state index in [1.54, 1.807) is 36.4 Å². The quantitative estimate of drug-likeness (QED) is 0.715. The molecule has 0 N–H and O–H groups in total. The van der Waals surface area contributed by atoms with Gasteiger partial charge in [0.25, 0.3) is 11.7 Å². The van der Waals surface area contributed by atoms with Crippen LogP contribution in [0.1, 0.15) is 15.9 Å². The van der Waals surface area contributed by atoms with E-state index in [1.807, 2.05) is 0 Å². The summed E-state index contributed by atoms with van der Waals surface area (Å²) in [5.74, 6) is -1.05. The number of amides is 1. The minimum atomic E-state index is -0.547. The Morgan fingerprint density at radius 2 is 1.81 bits per heavy atom. The molecular weight excluding hydrogens is 377 g/mol. The lowest BCUT2D eigenvalue weighted by Crippen LogP contribution is -2.29. The number of hydrogen-bond donors (Lipinski definition) is 0. The van der Waals surface area contributed by atoms with Gasteiger partial charge in [-0.3, -0.25) is 9.59 Å². The highest BCUT2D eigenvalue weighted by atomic mass is 79.9. The lowest BCUT2D eigenvalue weighted by Gasteiger charge is -2.17. The van der Waals surface area contributed by atoms with Gasteiger partial charge >= 0.3 is 0 Å². The normalized spacial score (nSPS) is 13.8. The van der Waals surface area contributed by atoms with Gasteiger partial charge in [-0.2, -0.15) is 0 Å². The van der Waals surface area contributed by atoms with Gasteiger partial charge in [-0.15, -0.1) is 0 Å². The highest BCUT2D eigenvalue weighted by Gasteiger charge is 2.36. The van der Waals surface area contributed by atoms with Crippen molar-refractivity contribution in [1.29, 1.82) is 0 Å². The van der Waals surface area contributed by atoms with Crippen LogP contribution in [0.25, 0.3) is 0 Å². The van der Waals surface area contributed by atoms with Crippen molar-refractivity contribution in [3.8, 4) is 0 Å². The third-order valence-electron chi connectivity index (χ3n) is 3.28. The molecule has 0 aromatic heterocycles. The first-order valence-corrected chi connectivity index (χ1v) is 7.62. The van der Waals surface area contributed by atoms with Gasteiger partial charge in [-0.1, -0.05) is 45.2 Å². The Bertz CT molecular complexity index is 776. The summed E-state index contributed by atoms with van der Waals surface area (Å²) >= 11 is 15.3. The second-order valence-electron chi connectivity index (χ2n) is 4.62. The average molecular weight is 385 g/mol. The summed E-state index contributed by atoms with van der Waals surface area (Å²) in [6, 6.07) is 10.3. The Morgan fingerprint density at radius 1 is 1.05 bits per heavy atom. The fraction of sp³-hybridized carbons (Fsp3) is 0.0667. The van der Waals surface area contributed by atoms with Gasteiger partial charge in [0.2, 0.25) is 0 Å². The van der Waals surface area contributed by atoms with Crippen molar-refractivity contribution in [3.63, 3.8) is 0 Å². The Hall–Kier alpha value is -1.36. The summed E-state index contributed by atoms with van der Waals surface area (Å²) in [4.78, 5) is 25.6. The number of rotatable bonds is 2. The fourth-order valence-corrected chi connectivity index (χ4v) is 3.08. The Labute approximate surface area is 139 Å². The number of benzene rings is 2. The smallest absolute Gasteiger partial charge is 0.299 e. The Balaban J connectivity index is 2.00. The number of ketones is 1. The molecule has 21 heavy (non-hydrogen) atoms. The van der Waals surface area contributed by atoms with Crippen LogP contribution in [0.4, 0.5) is 5.69 Å². The zero-order chi connectivity index (χ0) is 15.1. The van der Waals surface area contributed by atoms with E-state index in [0.717, 1.165) is 10.0 Å². The standard InChI is InChI=1S/C15H8BrCl2NO2/c16-9-2-4-13-11(5-9)14(20)15(21)19(13)7-8-1-3-10(17)6-12(8)18/h1-6H,7H2. The van der Waals surface area contributed by atoms with Crippen molar-refractivity contribution in [3.05, 3.63) is 62.0 Å². The molecule has 0 atom stereocenters. The monoisotopic (exact) mass is 383 g/mol. The molecule has 2 aromatic carbocycles. The fourth-order valence-electron chi connectivity index (χ4n) is 2.25. The highest BCUT2D eigenvalue weighted by Crippen LogP contribution is 2.33. The Kier molecular flexibility index (Phi) is 3.78. The zero-order valence-electron chi connectivity index (χ0n) is 10.6. The number of nitrogens with zero attached hydrogens (tertiary/aromatic N) is 1. The molecule has 3 rings (SSSR count). The molecule has 1 heterocycles. The molecule has 1 amide bonds. The largest absolute Gasteiger partial charge is 0.300 e. The maximum absolute atomic E-state index is 12.1. The SMILES string of the molecule is O=C1C(=O)N(Cc2ccc(Cl)cc2Cl)c2ccc(Br)cc21. The van der Waals surface area contributed by atoms with Gasteiger partial charge in [0, 0.05) is 14.5 Å². The van der Waals surface area contributed by atoms with Crippen LogP contribution in [-0.4, -0.2) is 11.7 Å². The summed E-state index contributed by atoms with van der Waals surface area (Å²) in [6.07, 6.45) is 0. The number of halogens is 3. The van der Waals surface area contributed by atoms with Crippen molar-refractivity contribution in [2.75, 3.05) is 4.90 Å². The third kappa shape index (κ3) is 2.59. The number of fused-ring (bicyclic) bond motifs is 1.